The minimum absolute atomic E-state index is 0.0324. The Morgan fingerprint density at radius 1 is 1.33 bits per heavy atom. The van der Waals surface area contributed by atoms with Gasteiger partial charge >= 0.3 is 0 Å². The van der Waals surface area contributed by atoms with Gasteiger partial charge in [0.25, 0.3) is 0 Å². The van der Waals surface area contributed by atoms with Gasteiger partial charge in [-0.15, -0.1) is 11.3 Å². The van der Waals surface area contributed by atoms with Crippen LogP contribution in [0.5, 0.6) is 0 Å². The minimum atomic E-state index is -0.748. The number of hydrogen-bond donors (Lipinski definition) is 1. The third-order valence-electron chi connectivity index (χ3n) is 4.30. The Hall–Kier alpha value is -1.43. The van der Waals surface area contributed by atoms with Crippen molar-refractivity contribution in [2.75, 3.05) is 0 Å². The van der Waals surface area contributed by atoms with Crippen LogP contribution in [0.25, 0.3) is 0 Å². The van der Waals surface area contributed by atoms with E-state index in [9.17, 15) is 9.59 Å². The highest BCUT2D eigenvalue weighted by molar-refractivity contribution is 7.11. The fourth-order valence-electron chi connectivity index (χ4n) is 2.89. The molecular formula is C15H23N3O2S. The van der Waals surface area contributed by atoms with Crippen molar-refractivity contribution in [3.63, 3.8) is 0 Å². The number of nitrogens with zero attached hydrogens (tertiary/aromatic N) is 2. The van der Waals surface area contributed by atoms with Crippen LogP contribution in [0.15, 0.2) is 6.20 Å². The highest BCUT2D eigenvalue weighted by Crippen LogP contribution is 2.28. The van der Waals surface area contributed by atoms with E-state index >= 15 is 0 Å². The van der Waals surface area contributed by atoms with E-state index in [1.807, 2.05) is 27.7 Å². The molecule has 2 heterocycles. The number of aromatic nitrogens is 1. The van der Waals surface area contributed by atoms with Gasteiger partial charge in [-0.1, -0.05) is 20.8 Å². The largest absolute Gasteiger partial charge is 0.340 e. The molecule has 5 nitrogen and oxygen atoms in total. The first kappa shape index (κ1) is 15.9. The van der Waals surface area contributed by atoms with Gasteiger partial charge in [0.05, 0.1) is 11.6 Å². The Bertz CT molecular complexity index is 537. The predicted molar refractivity (Wildman–Crippen MR) is 82.9 cm³/mol. The van der Waals surface area contributed by atoms with Gasteiger partial charge in [0.15, 0.2) is 0 Å². The van der Waals surface area contributed by atoms with Gasteiger partial charge in [-0.05, 0) is 26.2 Å². The summed E-state index contributed by atoms with van der Waals surface area (Å²) in [5.74, 6) is -0.00737. The number of nitrogens with one attached hydrogen (secondary N) is 1. The maximum atomic E-state index is 12.9. The van der Waals surface area contributed by atoms with Gasteiger partial charge in [0.2, 0.25) is 11.8 Å². The Morgan fingerprint density at radius 2 is 2.00 bits per heavy atom. The van der Waals surface area contributed by atoms with Crippen LogP contribution >= 0.6 is 11.3 Å². The van der Waals surface area contributed by atoms with Gasteiger partial charge in [-0.25, -0.2) is 4.98 Å². The Morgan fingerprint density at radius 3 is 2.48 bits per heavy atom. The van der Waals surface area contributed by atoms with Crippen LogP contribution in [-0.4, -0.2) is 33.3 Å². The van der Waals surface area contributed by atoms with Crippen LogP contribution in [-0.2, 0) is 16.1 Å². The molecule has 1 aliphatic heterocycles. The summed E-state index contributed by atoms with van der Waals surface area (Å²) in [6.45, 7) is 8.25. The van der Waals surface area contributed by atoms with Crippen LogP contribution in [0.1, 0.15) is 49.9 Å². The number of thiazole rings is 1. The van der Waals surface area contributed by atoms with Gasteiger partial charge in [0.1, 0.15) is 11.6 Å². The molecule has 1 aromatic heterocycles. The molecule has 0 aliphatic carbocycles. The smallest absolute Gasteiger partial charge is 0.249 e. The van der Waals surface area contributed by atoms with Crippen molar-refractivity contribution in [2.24, 2.45) is 0 Å². The molecular weight excluding hydrogens is 286 g/mol. The molecule has 1 aromatic rings. The zero-order valence-electron chi connectivity index (χ0n) is 13.1. The van der Waals surface area contributed by atoms with Crippen molar-refractivity contribution in [3.05, 3.63) is 16.1 Å². The third kappa shape index (κ3) is 2.81. The van der Waals surface area contributed by atoms with Crippen LogP contribution in [0.2, 0.25) is 0 Å². The van der Waals surface area contributed by atoms with Crippen molar-refractivity contribution in [3.8, 4) is 0 Å². The number of piperazine rings is 1. The second-order valence-electron chi connectivity index (χ2n) is 5.48. The molecule has 1 fully saturated rings. The highest BCUT2D eigenvalue weighted by atomic mass is 32.1. The number of aryl methyl sites for hydroxylation is 1. The molecule has 1 saturated heterocycles. The first-order valence-corrected chi connectivity index (χ1v) is 8.33. The number of hydrogen-bond acceptors (Lipinski definition) is 4. The summed E-state index contributed by atoms with van der Waals surface area (Å²) in [7, 11) is 0. The lowest BCUT2D eigenvalue weighted by Gasteiger charge is -2.45. The van der Waals surface area contributed by atoms with E-state index < -0.39 is 5.54 Å². The van der Waals surface area contributed by atoms with E-state index in [4.69, 9.17) is 0 Å². The van der Waals surface area contributed by atoms with Crippen LogP contribution in [0, 0.1) is 6.92 Å². The number of amides is 2. The first-order chi connectivity index (χ1) is 9.97. The fraction of sp³-hybridized carbons (Fsp3) is 0.667. The van der Waals surface area contributed by atoms with E-state index in [2.05, 4.69) is 10.3 Å². The van der Waals surface area contributed by atoms with Gasteiger partial charge in [-0.3, -0.25) is 9.59 Å². The van der Waals surface area contributed by atoms with E-state index in [0.717, 1.165) is 9.88 Å². The fourth-order valence-corrected chi connectivity index (χ4v) is 3.69. The molecule has 0 spiro atoms. The maximum Gasteiger partial charge on any atom is 0.249 e. The Labute approximate surface area is 129 Å². The zero-order valence-corrected chi connectivity index (χ0v) is 13.9. The number of carbonyl (C=O) groups is 2. The lowest BCUT2D eigenvalue weighted by Crippen LogP contribution is -2.69. The lowest BCUT2D eigenvalue weighted by atomic mass is 9.86. The average molecular weight is 309 g/mol. The lowest BCUT2D eigenvalue weighted by molar-refractivity contribution is -0.156. The van der Waals surface area contributed by atoms with Gasteiger partial charge in [0, 0.05) is 11.1 Å². The summed E-state index contributed by atoms with van der Waals surface area (Å²) in [5.41, 5.74) is -0.748. The monoisotopic (exact) mass is 309 g/mol. The number of carbonyl (C=O) groups excluding carboxylic acids is 2. The van der Waals surface area contributed by atoms with Crippen LogP contribution in [0.4, 0.5) is 0 Å². The van der Waals surface area contributed by atoms with E-state index in [1.165, 1.54) is 0 Å². The average Bonchev–Trinajstić information content (AvgIpc) is 2.88. The second kappa shape index (κ2) is 6.13. The molecule has 0 radical (unpaired) electrons. The third-order valence-corrected chi connectivity index (χ3v) is 5.20. The summed E-state index contributed by atoms with van der Waals surface area (Å²) in [6, 6.07) is -0.383. The highest BCUT2D eigenvalue weighted by Gasteiger charge is 2.48. The van der Waals surface area contributed by atoms with E-state index in [0.29, 0.717) is 25.8 Å². The quantitative estimate of drug-likeness (QED) is 0.907. The zero-order chi connectivity index (χ0) is 15.6. The van der Waals surface area contributed by atoms with Crippen LogP contribution < -0.4 is 5.32 Å². The molecule has 0 aromatic carbocycles. The molecule has 0 saturated carbocycles. The molecule has 21 heavy (non-hydrogen) atoms. The molecule has 116 valence electrons. The summed E-state index contributed by atoms with van der Waals surface area (Å²) in [6.07, 6.45) is 3.65. The molecule has 2 rings (SSSR count). The maximum absolute atomic E-state index is 12.9. The summed E-state index contributed by atoms with van der Waals surface area (Å²) >= 11 is 1.58. The van der Waals surface area contributed by atoms with Crippen molar-refractivity contribution in [2.45, 2.75) is 65.1 Å². The van der Waals surface area contributed by atoms with Crippen molar-refractivity contribution in [1.29, 1.82) is 0 Å². The minimum Gasteiger partial charge on any atom is -0.340 e. The summed E-state index contributed by atoms with van der Waals surface area (Å²) in [4.78, 5) is 32.3. The van der Waals surface area contributed by atoms with Crippen molar-refractivity contribution < 1.29 is 9.59 Å². The normalized spacial score (nSPS) is 21.5. The van der Waals surface area contributed by atoms with E-state index in [1.54, 1.807) is 22.4 Å². The Kier molecular flexibility index (Phi) is 4.66. The Balaban J connectivity index is 2.32. The second-order valence-corrected chi connectivity index (χ2v) is 6.80. The molecule has 2 amide bonds. The first-order valence-electron chi connectivity index (χ1n) is 7.51. The van der Waals surface area contributed by atoms with Gasteiger partial charge in [-0.2, -0.15) is 0 Å². The summed E-state index contributed by atoms with van der Waals surface area (Å²) < 4.78 is 0. The predicted octanol–water partition coefficient (Wildman–Crippen LogP) is 2.25. The molecule has 1 aliphatic rings. The molecule has 1 N–H and O–H groups in total. The standard InChI is InChI=1S/C15H23N3O2S/c1-5-12-13(19)17-15(6-2,7-3)14(20)18(12)9-11-8-16-10(4)21-11/h8,12H,5-7,9H2,1-4H3,(H,17,19). The topological polar surface area (TPSA) is 62.3 Å². The van der Waals surface area contributed by atoms with Crippen molar-refractivity contribution in [1.82, 2.24) is 15.2 Å². The van der Waals surface area contributed by atoms with Crippen LogP contribution in [0.3, 0.4) is 0 Å². The summed E-state index contributed by atoms with van der Waals surface area (Å²) in [5, 5.41) is 3.93. The van der Waals surface area contributed by atoms with Crippen molar-refractivity contribution >= 4 is 23.2 Å². The molecule has 6 heteroatoms. The molecule has 1 atom stereocenters. The van der Waals surface area contributed by atoms with E-state index in [-0.39, 0.29) is 17.9 Å². The number of rotatable bonds is 5. The SMILES string of the molecule is CCC1C(=O)NC(CC)(CC)C(=O)N1Cc1cnc(C)s1. The van der Waals surface area contributed by atoms with Gasteiger partial charge < -0.3 is 10.2 Å². The molecule has 1 unspecified atom stereocenters. The molecule has 0 bridgehead atoms.